The van der Waals surface area contributed by atoms with E-state index in [0.29, 0.717) is 12.2 Å². The molecule has 0 fully saturated rings. The van der Waals surface area contributed by atoms with Crippen molar-refractivity contribution in [3.63, 3.8) is 0 Å². The van der Waals surface area contributed by atoms with Crippen molar-refractivity contribution in [2.75, 3.05) is 5.32 Å². The molecule has 1 aromatic heterocycles. The first-order valence-corrected chi connectivity index (χ1v) is 4.85. The lowest BCUT2D eigenvalue weighted by atomic mass is 10.3. The number of carbonyl (C=O) groups excluding carboxylic acids is 1. The number of amides is 2. The zero-order valence-corrected chi connectivity index (χ0v) is 9.10. The van der Waals surface area contributed by atoms with Gasteiger partial charge in [-0.1, -0.05) is 0 Å². The Balaban J connectivity index is 2.48. The summed E-state index contributed by atoms with van der Waals surface area (Å²) in [7, 11) is 0. The van der Waals surface area contributed by atoms with E-state index >= 15 is 0 Å². The average molecular weight is 226 g/mol. The molecular formula is C9H14N4O3. The number of hydrogen-bond acceptors (Lipinski definition) is 3. The molecule has 2 amide bonds. The van der Waals surface area contributed by atoms with Gasteiger partial charge in [-0.15, -0.1) is 0 Å². The maximum atomic E-state index is 11.3. The molecule has 3 N–H and O–H groups in total. The van der Waals surface area contributed by atoms with Crippen LogP contribution in [0.3, 0.4) is 0 Å². The molecule has 7 heteroatoms. The van der Waals surface area contributed by atoms with Gasteiger partial charge in [0.15, 0.2) is 0 Å². The lowest BCUT2D eigenvalue weighted by Gasteiger charge is -2.09. The van der Waals surface area contributed by atoms with Crippen molar-refractivity contribution < 1.29 is 14.7 Å². The first-order valence-electron chi connectivity index (χ1n) is 4.85. The number of anilines is 1. The Morgan fingerprint density at radius 1 is 1.62 bits per heavy atom. The lowest BCUT2D eigenvalue weighted by molar-refractivity contribution is -0.138. The molecule has 1 aromatic rings. The highest BCUT2D eigenvalue weighted by atomic mass is 16.4. The van der Waals surface area contributed by atoms with E-state index in [4.69, 9.17) is 5.11 Å². The Labute approximate surface area is 92.4 Å². The van der Waals surface area contributed by atoms with Gasteiger partial charge in [-0.05, 0) is 13.8 Å². The van der Waals surface area contributed by atoms with E-state index in [0.717, 1.165) is 0 Å². The number of aryl methyl sites for hydroxylation is 1. The quantitative estimate of drug-likeness (QED) is 0.696. The van der Waals surface area contributed by atoms with Gasteiger partial charge in [0.2, 0.25) is 0 Å². The van der Waals surface area contributed by atoms with E-state index in [1.165, 1.54) is 13.1 Å². The van der Waals surface area contributed by atoms with Gasteiger partial charge in [0.1, 0.15) is 6.04 Å². The monoisotopic (exact) mass is 226 g/mol. The van der Waals surface area contributed by atoms with Gasteiger partial charge < -0.3 is 15.7 Å². The molecule has 88 valence electrons. The molecule has 0 aliphatic rings. The Morgan fingerprint density at radius 2 is 2.31 bits per heavy atom. The SMILES string of the molecule is CCn1cc(NC(=O)N[C@H](C)C(=O)O)cn1. The van der Waals surface area contributed by atoms with Crippen LogP contribution in [0.4, 0.5) is 10.5 Å². The standard InChI is InChI=1S/C9H14N4O3/c1-3-13-5-7(4-10-13)12-9(16)11-6(2)8(14)15/h4-6H,3H2,1-2H3,(H,14,15)(H2,11,12,16)/t6-/m1/s1. The number of rotatable bonds is 4. The predicted molar refractivity (Wildman–Crippen MR) is 57.2 cm³/mol. The molecule has 1 heterocycles. The summed E-state index contributed by atoms with van der Waals surface area (Å²) in [5.41, 5.74) is 0.525. The van der Waals surface area contributed by atoms with Crippen molar-refractivity contribution in [1.82, 2.24) is 15.1 Å². The number of carbonyl (C=O) groups is 2. The molecule has 0 bridgehead atoms. The zero-order chi connectivity index (χ0) is 12.1. The summed E-state index contributed by atoms with van der Waals surface area (Å²) in [5.74, 6) is -1.08. The molecule has 0 aliphatic carbocycles. The summed E-state index contributed by atoms with van der Waals surface area (Å²) in [4.78, 5) is 21.8. The van der Waals surface area contributed by atoms with E-state index in [-0.39, 0.29) is 0 Å². The van der Waals surface area contributed by atoms with Gasteiger partial charge in [0.05, 0.1) is 11.9 Å². The minimum absolute atomic E-state index is 0.525. The molecule has 1 rings (SSSR count). The third kappa shape index (κ3) is 3.26. The van der Waals surface area contributed by atoms with Crippen molar-refractivity contribution in [3.05, 3.63) is 12.4 Å². The second-order valence-electron chi connectivity index (χ2n) is 3.24. The smallest absolute Gasteiger partial charge is 0.325 e. The van der Waals surface area contributed by atoms with Crippen LogP contribution < -0.4 is 10.6 Å². The number of aliphatic carboxylic acids is 1. The van der Waals surface area contributed by atoms with Crippen molar-refractivity contribution in [2.24, 2.45) is 0 Å². The molecule has 0 unspecified atom stereocenters. The van der Waals surface area contributed by atoms with Gasteiger partial charge in [-0.3, -0.25) is 9.48 Å². The van der Waals surface area contributed by atoms with Crippen molar-refractivity contribution >= 4 is 17.7 Å². The van der Waals surface area contributed by atoms with Crippen molar-refractivity contribution in [2.45, 2.75) is 26.4 Å². The number of urea groups is 1. The number of aromatic nitrogens is 2. The Bertz CT molecular complexity index is 388. The van der Waals surface area contributed by atoms with Crippen LogP contribution in [0.2, 0.25) is 0 Å². The summed E-state index contributed by atoms with van der Waals surface area (Å²) in [6, 6.07) is -1.49. The second kappa shape index (κ2) is 5.15. The Kier molecular flexibility index (Phi) is 3.87. The van der Waals surface area contributed by atoms with Crippen LogP contribution in [0.15, 0.2) is 12.4 Å². The third-order valence-corrected chi connectivity index (χ3v) is 1.93. The van der Waals surface area contributed by atoms with Crippen LogP contribution in [0, 0.1) is 0 Å². The van der Waals surface area contributed by atoms with E-state index in [2.05, 4.69) is 15.7 Å². The molecule has 0 saturated carbocycles. The highest BCUT2D eigenvalue weighted by Gasteiger charge is 2.13. The summed E-state index contributed by atoms with van der Waals surface area (Å²) in [6.07, 6.45) is 3.15. The molecule has 0 radical (unpaired) electrons. The fourth-order valence-corrected chi connectivity index (χ4v) is 1.03. The van der Waals surface area contributed by atoms with Crippen LogP contribution >= 0.6 is 0 Å². The first-order chi connectivity index (χ1) is 7.52. The summed E-state index contributed by atoms with van der Waals surface area (Å²) < 4.78 is 1.65. The van der Waals surface area contributed by atoms with Crippen LogP contribution in [0.5, 0.6) is 0 Å². The normalized spacial score (nSPS) is 11.9. The van der Waals surface area contributed by atoms with E-state index < -0.39 is 18.0 Å². The number of nitrogens with one attached hydrogen (secondary N) is 2. The number of hydrogen-bond donors (Lipinski definition) is 3. The van der Waals surface area contributed by atoms with Crippen LogP contribution in [0.25, 0.3) is 0 Å². The van der Waals surface area contributed by atoms with Crippen LogP contribution in [-0.4, -0.2) is 32.9 Å². The maximum absolute atomic E-state index is 11.3. The first kappa shape index (κ1) is 12.0. The zero-order valence-electron chi connectivity index (χ0n) is 9.10. The maximum Gasteiger partial charge on any atom is 0.325 e. The van der Waals surface area contributed by atoms with Crippen molar-refractivity contribution in [3.8, 4) is 0 Å². The molecule has 0 aromatic carbocycles. The fourth-order valence-electron chi connectivity index (χ4n) is 1.03. The van der Waals surface area contributed by atoms with Gasteiger partial charge in [0, 0.05) is 12.7 Å². The predicted octanol–water partition coefficient (Wildman–Crippen LogP) is 0.498. The minimum atomic E-state index is -1.08. The fraction of sp³-hybridized carbons (Fsp3) is 0.444. The molecule has 16 heavy (non-hydrogen) atoms. The highest BCUT2D eigenvalue weighted by molar-refractivity contribution is 5.91. The van der Waals surface area contributed by atoms with Crippen LogP contribution in [-0.2, 0) is 11.3 Å². The topological polar surface area (TPSA) is 96.2 Å². The number of nitrogens with zero attached hydrogens (tertiary/aromatic N) is 2. The van der Waals surface area contributed by atoms with E-state index in [1.807, 2.05) is 6.92 Å². The average Bonchev–Trinajstić information content (AvgIpc) is 2.65. The van der Waals surface area contributed by atoms with Gasteiger partial charge in [-0.25, -0.2) is 4.79 Å². The Hall–Kier alpha value is -2.05. The molecule has 0 aliphatic heterocycles. The molecule has 0 saturated heterocycles. The molecule has 1 atom stereocenters. The molecular weight excluding hydrogens is 212 g/mol. The Morgan fingerprint density at radius 3 is 2.81 bits per heavy atom. The number of carboxylic acids is 1. The van der Waals surface area contributed by atoms with E-state index in [9.17, 15) is 9.59 Å². The van der Waals surface area contributed by atoms with Gasteiger partial charge in [0.25, 0.3) is 0 Å². The summed E-state index contributed by atoms with van der Waals surface area (Å²) in [5, 5.41) is 17.3. The largest absolute Gasteiger partial charge is 0.480 e. The van der Waals surface area contributed by atoms with Gasteiger partial charge >= 0.3 is 12.0 Å². The van der Waals surface area contributed by atoms with Crippen molar-refractivity contribution in [1.29, 1.82) is 0 Å². The minimum Gasteiger partial charge on any atom is -0.480 e. The molecule has 0 spiro atoms. The number of carboxylic acid groups (broad SMARTS) is 1. The van der Waals surface area contributed by atoms with E-state index in [1.54, 1.807) is 10.9 Å². The van der Waals surface area contributed by atoms with Gasteiger partial charge in [-0.2, -0.15) is 5.10 Å². The van der Waals surface area contributed by atoms with Crippen LogP contribution in [0.1, 0.15) is 13.8 Å². The summed E-state index contributed by atoms with van der Waals surface area (Å²) in [6.45, 7) is 4.01. The highest BCUT2D eigenvalue weighted by Crippen LogP contribution is 2.04. The summed E-state index contributed by atoms with van der Waals surface area (Å²) >= 11 is 0. The second-order valence-corrected chi connectivity index (χ2v) is 3.24. The molecule has 7 nitrogen and oxygen atoms in total. The lowest BCUT2D eigenvalue weighted by Crippen LogP contribution is -2.40. The third-order valence-electron chi connectivity index (χ3n) is 1.93.